The minimum Gasteiger partial charge on any atom is -0.394 e. The summed E-state index contributed by atoms with van der Waals surface area (Å²) >= 11 is 0. The second-order valence-electron chi connectivity index (χ2n) is 7.99. The van der Waals surface area contributed by atoms with Gasteiger partial charge in [0.1, 0.15) is 0 Å². The van der Waals surface area contributed by atoms with Crippen molar-refractivity contribution < 1.29 is 14.7 Å². The molecule has 2 amide bonds. The standard InChI is InChI=1S/C23H32N2O3/c1-4-22(28)25-20(14-24(3)16(2)27)23(21(25)15-26)19-12-10-18(11-13-19)17-8-6-5-7-9-17/h8,10-13,20-21,23,26H,4-7,9,14-15H2,1-3H3/t20-,21-,23-/m0/s1. The van der Waals surface area contributed by atoms with Crippen molar-refractivity contribution in [1.82, 2.24) is 9.80 Å². The summed E-state index contributed by atoms with van der Waals surface area (Å²) in [5.41, 5.74) is 3.81. The van der Waals surface area contributed by atoms with Crippen molar-refractivity contribution in [1.29, 1.82) is 0 Å². The van der Waals surface area contributed by atoms with Crippen LogP contribution >= 0.6 is 0 Å². The van der Waals surface area contributed by atoms with Gasteiger partial charge in [0, 0.05) is 32.9 Å². The quantitative estimate of drug-likeness (QED) is 0.819. The predicted octanol–water partition coefficient (Wildman–Crippen LogP) is 3.19. The number of allylic oxidation sites excluding steroid dienone is 2. The van der Waals surface area contributed by atoms with Gasteiger partial charge < -0.3 is 14.9 Å². The van der Waals surface area contributed by atoms with Crippen molar-refractivity contribution in [2.45, 2.75) is 64.0 Å². The average molecular weight is 385 g/mol. The summed E-state index contributed by atoms with van der Waals surface area (Å²) in [4.78, 5) is 27.6. The first kappa shape index (κ1) is 20.6. The van der Waals surface area contributed by atoms with E-state index < -0.39 is 0 Å². The van der Waals surface area contributed by atoms with Gasteiger partial charge in [0.15, 0.2) is 0 Å². The Balaban J connectivity index is 1.85. The summed E-state index contributed by atoms with van der Waals surface area (Å²) in [5.74, 6) is 0.0487. The normalized spacial score (nSPS) is 24.4. The van der Waals surface area contributed by atoms with Gasteiger partial charge >= 0.3 is 0 Å². The van der Waals surface area contributed by atoms with E-state index in [4.69, 9.17) is 0 Å². The first-order valence-electron chi connectivity index (χ1n) is 10.4. The summed E-state index contributed by atoms with van der Waals surface area (Å²) < 4.78 is 0. The second kappa shape index (κ2) is 8.91. The summed E-state index contributed by atoms with van der Waals surface area (Å²) in [6.45, 7) is 3.79. The minimum atomic E-state index is -0.224. The number of aliphatic hydroxyl groups is 1. The number of benzene rings is 1. The van der Waals surface area contributed by atoms with Gasteiger partial charge in [-0.1, -0.05) is 37.3 Å². The number of likely N-dealkylation sites (tertiary alicyclic amines) is 1. The molecule has 2 aliphatic rings. The van der Waals surface area contributed by atoms with Crippen molar-refractivity contribution in [2.75, 3.05) is 20.2 Å². The van der Waals surface area contributed by atoms with Crippen LogP contribution in [0.1, 0.15) is 63.0 Å². The molecule has 152 valence electrons. The molecule has 5 heteroatoms. The number of rotatable bonds is 6. The van der Waals surface area contributed by atoms with Crippen LogP contribution in [0.15, 0.2) is 30.3 Å². The van der Waals surface area contributed by atoms with Crippen LogP contribution in [0.4, 0.5) is 0 Å². The van der Waals surface area contributed by atoms with Gasteiger partial charge in [-0.15, -0.1) is 0 Å². The molecule has 1 saturated heterocycles. The Bertz CT molecular complexity index is 741. The molecule has 1 aromatic rings. The highest BCUT2D eigenvalue weighted by atomic mass is 16.3. The molecule has 1 aliphatic heterocycles. The van der Waals surface area contributed by atoms with E-state index in [9.17, 15) is 14.7 Å². The molecule has 0 saturated carbocycles. The lowest BCUT2D eigenvalue weighted by Crippen LogP contribution is -2.68. The fraction of sp³-hybridized carbons (Fsp3) is 0.565. The Morgan fingerprint density at radius 3 is 2.43 bits per heavy atom. The van der Waals surface area contributed by atoms with Crippen molar-refractivity contribution in [3.05, 3.63) is 41.5 Å². The van der Waals surface area contributed by atoms with Gasteiger partial charge in [-0.05, 0) is 42.4 Å². The molecule has 0 aromatic heterocycles. The van der Waals surface area contributed by atoms with Crippen LogP contribution < -0.4 is 0 Å². The van der Waals surface area contributed by atoms with Crippen LogP contribution in [0.3, 0.4) is 0 Å². The van der Waals surface area contributed by atoms with Crippen LogP contribution in [-0.2, 0) is 9.59 Å². The molecule has 1 aliphatic carbocycles. The van der Waals surface area contributed by atoms with Crippen molar-refractivity contribution >= 4 is 17.4 Å². The number of likely N-dealkylation sites (N-methyl/N-ethyl adjacent to an activating group) is 1. The molecule has 3 rings (SSSR count). The molecule has 5 nitrogen and oxygen atoms in total. The zero-order valence-electron chi connectivity index (χ0n) is 17.2. The molecule has 1 N–H and O–H groups in total. The third kappa shape index (κ3) is 4.00. The SMILES string of the molecule is CCC(=O)N1[C@@H](CO)[C@@H](c2ccc(C3=CCCCC3)cc2)[C@@H]1CN(C)C(C)=O. The van der Waals surface area contributed by atoms with Gasteiger partial charge in [0.05, 0.1) is 18.7 Å². The molecule has 0 unspecified atom stereocenters. The van der Waals surface area contributed by atoms with Crippen molar-refractivity contribution in [3.8, 4) is 0 Å². The average Bonchev–Trinajstić information content (AvgIpc) is 2.71. The maximum Gasteiger partial charge on any atom is 0.222 e. The van der Waals surface area contributed by atoms with Gasteiger partial charge in [-0.3, -0.25) is 9.59 Å². The van der Waals surface area contributed by atoms with E-state index >= 15 is 0 Å². The van der Waals surface area contributed by atoms with Crippen LogP contribution in [0.2, 0.25) is 0 Å². The third-order valence-corrected chi connectivity index (χ3v) is 6.28. The number of hydrogen-bond acceptors (Lipinski definition) is 3. The largest absolute Gasteiger partial charge is 0.394 e. The summed E-state index contributed by atoms with van der Waals surface area (Å²) in [5, 5.41) is 9.97. The number of amides is 2. The molecule has 0 bridgehead atoms. The van der Waals surface area contributed by atoms with E-state index in [0.29, 0.717) is 13.0 Å². The molecule has 3 atom stereocenters. The van der Waals surface area contributed by atoms with E-state index in [2.05, 4.69) is 30.3 Å². The smallest absolute Gasteiger partial charge is 0.222 e. The first-order valence-corrected chi connectivity index (χ1v) is 10.4. The van der Waals surface area contributed by atoms with Crippen LogP contribution in [0.5, 0.6) is 0 Å². The Hall–Kier alpha value is -2.14. The Labute approximate surface area is 168 Å². The monoisotopic (exact) mass is 384 g/mol. The van der Waals surface area contributed by atoms with Crippen LogP contribution in [0.25, 0.3) is 5.57 Å². The van der Waals surface area contributed by atoms with E-state index in [-0.39, 0.29) is 36.4 Å². The molecule has 1 fully saturated rings. The Kier molecular flexibility index (Phi) is 6.55. The lowest BCUT2D eigenvalue weighted by molar-refractivity contribution is -0.153. The zero-order chi connectivity index (χ0) is 20.3. The van der Waals surface area contributed by atoms with Gasteiger partial charge in [0.2, 0.25) is 11.8 Å². The van der Waals surface area contributed by atoms with Gasteiger partial charge in [-0.2, -0.15) is 0 Å². The topological polar surface area (TPSA) is 60.9 Å². The van der Waals surface area contributed by atoms with E-state index in [1.165, 1.54) is 30.9 Å². The maximum absolute atomic E-state index is 12.5. The van der Waals surface area contributed by atoms with Crippen molar-refractivity contribution in [3.63, 3.8) is 0 Å². The number of aliphatic hydroxyl groups excluding tert-OH is 1. The molecule has 28 heavy (non-hydrogen) atoms. The summed E-state index contributed by atoms with van der Waals surface area (Å²) in [6, 6.07) is 8.27. The molecule has 1 aromatic carbocycles. The van der Waals surface area contributed by atoms with Gasteiger partial charge in [-0.25, -0.2) is 0 Å². The molecular weight excluding hydrogens is 352 g/mol. The Morgan fingerprint density at radius 2 is 1.89 bits per heavy atom. The predicted molar refractivity (Wildman–Crippen MR) is 111 cm³/mol. The van der Waals surface area contributed by atoms with E-state index in [1.807, 2.05) is 6.92 Å². The third-order valence-electron chi connectivity index (χ3n) is 6.28. The zero-order valence-corrected chi connectivity index (χ0v) is 17.2. The fourth-order valence-corrected chi connectivity index (χ4v) is 4.58. The molecular formula is C23H32N2O3. The van der Waals surface area contributed by atoms with Crippen LogP contribution in [-0.4, -0.2) is 59.0 Å². The lowest BCUT2D eigenvalue weighted by atomic mass is 9.74. The van der Waals surface area contributed by atoms with E-state index in [1.54, 1.807) is 16.8 Å². The molecule has 1 heterocycles. The highest BCUT2D eigenvalue weighted by Gasteiger charge is 2.50. The Morgan fingerprint density at radius 1 is 1.18 bits per heavy atom. The maximum atomic E-state index is 12.5. The van der Waals surface area contributed by atoms with Crippen molar-refractivity contribution in [2.24, 2.45) is 0 Å². The second-order valence-corrected chi connectivity index (χ2v) is 7.99. The highest BCUT2D eigenvalue weighted by Crippen LogP contribution is 2.42. The number of carbonyl (C=O) groups is 2. The number of nitrogens with zero attached hydrogens (tertiary/aromatic N) is 2. The minimum absolute atomic E-state index is 0.0188. The first-order chi connectivity index (χ1) is 13.5. The van der Waals surface area contributed by atoms with Crippen LogP contribution in [0, 0.1) is 0 Å². The summed E-state index contributed by atoms with van der Waals surface area (Å²) in [6.07, 6.45) is 7.54. The summed E-state index contributed by atoms with van der Waals surface area (Å²) in [7, 11) is 1.76. The highest BCUT2D eigenvalue weighted by molar-refractivity contribution is 5.79. The van der Waals surface area contributed by atoms with Gasteiger partial charge in [0.25, 0.3) is 0 Å². The molecule has 0 spiro atoms. The lowest BCUT2D eigenvalue weighted by Gasteiger charge is -2.55. The number of hydrogen-bond donors (Lipinski definition) is 1. The van der Waals surface area contributed by atoms with E-state index in [0.717, 1.165) is 18.4 Å². The molecule has 0 radical (unpaired) electrons. The fourth-order valence-electron chi connectivity index (χ4n) is 4.58. The number of carbonyl (C=O) groups excluding carboxylic acids is 2.